The van der Waals surface area contributed by atoms with Crippen LogP contribution in [-0.2, 0) is 19.6 Å². The summed E-state index contributed by atoms with van der Waals surface area (Å²) >= 11 is 0. The van der Waals surface area contributed by atoms with Crippen molar-refractivity contribution in [2.45, 2.75) is 50.5 Å². The van der Waals surface area contributed by atoms with Gasteiger partial charge in [0.15, 0.2) is 0 Å². The van der Waals surface area contributed by atoms with E-state index in [2.05, 4.69) is 10.6 Å². The molecule has 1 fully saturated rings. The van der Waals surface area contributed by atoms with E-state index in [0.717, 1.165) is 24.5 Å². The Bertz CT molecular complexity index is 1090. The van der Waals surface area contributed by atoms with E-state index in [4.69, 9.17) is 0 Å². The minimum Gasteiger partial charge on any atom is -0.348 e. The molecule has 2 N–H and O–H groups in total. The van der Waals surface area contributed by atoms with Gasteiger partial charge in [-0.25, -0.2) is 12.8 Å². The predicted molar refractivity (Wildman–Crippen MR) is 120 cm³/mol. The number of piperidine rings is 1. The first-order chi connectivity index (χ1) is 15.2. The van der Waals surface area contributed by atoms with Crippen LogP contribution in [0.15, 0.2) is 47.4 Å². The second-order valence-corrected chi connectivity index (χ2v) is 9.90. The number of halogens is 1. The number of aryl methyl sites for hydroxylation is 2. The van der Waals surface area contributed by atoms with E-state index in [1.165, 1.54) is 16.4 Å². The number of amides is 2. The Morgan fingerprint density at radius 1 is 1.06 bits per heavy atom. The van der Waals surface area contributed by atoms with Gasteiger partial charge in [0.2, 0.25) is 10.0 Å². The summed E-state index contributed by atoms with van der Waals surface area (Å²) < 4.78 is 41.3. The Hall–Kier alpha value is -2.78. The largest absolute Gasteiger partial charge is 0.348 e. The van der Waals surface area contributed by atoms with Crippen LogP contribution in [0.2, 0.25) is 0 Å². The van der Waals surface area contributed by atoms with Crippen molar-refractivity contribution in [3.05, 3.63) is 59.4 Å². The summed E-state index contributed by atoms with van der Waals surface area (Å²) in [5, 5.41) is 5.10. The van der Waals surface area contributed by atoms with E-state index < -0.39 is 27.7 Å². The predicted octanol–water partition coefficient (Wildman–Crippen LogP) is 3.13. The van der Waals surface area contributed by atoms with Crippen molar-refractivity contribution < 1.29 is 22.4 Å². The molecule has 1 heterocycles. The lowest BCUT2D eigenvalue weighted by atomic mass is 10.0. The molecule has 0 saturated carbocycles. The van der Waals surface area contributed by atoms with Crippen molar-refractivity contribution in [1.29, 1.82) is 0 Å². The number of anilines is 1. The highest BCUT2D eigenvalue weighted by molar-refractivity contribution is 7.89. The van der Waals surface area contributed by atoms with Crippen molar-refractivity contribution in [3.63, 3.8) is 0 Å². The second-order valence-electron chi connectivity index (χ2n) is 8.04. The summed E-state index contributed by atoms with van der Waals surface area (Å²) in [6.45, 7) is 4.02. The molecular formula is C23H28FN3O4S. The Kier molecular flexibility index (Phi) is 7.63. The second kappa shape index (κ2) is 10.2. The van der Waals surface area contributed by atoms with Gasteiger partial charge in [-0.15, -0.1) is 0 Å². The van der Waals surface area contributed by atoms with Crippen LogP contribution >= 0.6 is 0 Å². The van der Waals surface area contributed by atoms with Crippen molar-refractivity contribution in [2.24, 2.45) is 0 Å². The molecule has 0 unspecified atom stereocenters. The van der Waals surface area contributed by atoms with Crippen LogP contribution < -0.4 is 10.6 Å². The van der Waals surface area contributed by atoms with Crippen LogP contribution in [-0.4, -0.2) is 43.7 Å². The minimum absolute atomic E-state index is 0.0901. The fraction of sp³-hybridized carbons (Fsp3) is 0.391. The molecule has 0 spiro atoms. The quantitative estimate of drug-likeness (QED) is 0.646. The zero-order chi connectivity index (χ0) is 23.3. The van der Waals surface area contributed by atoms with Crippen LogP contribution in [0.25, 0.3) is 0 Å². The highest BCUT2D eigenvalue weighted by Crippen LogP contribution is 2.28. The van der Waals surface area contributed by atoms with Crippen LogP contribution in [0.5, 0.6) is 0 Å². The SMILES string of the molecule is Cc1ccc(NC(=O)C(=O)NCC[C@H]2CCCCN2S(=O)(=O)c2ccc(F)cc2C)cc1. The van der Waals surface area contributed by atoms with E-state index in [1.54, 1.807) is 19.1 Å². The fourth-order valence-electron chi connectivity index (χ4n) is 3.86. The van der Waals surface area contributed by atoms with Gasteiger partial charge in [-0.3, -0.25) is 9.59 Å². The molecule has 0 bridgehead atoms. The van der Waals surface area contributed by atoms with Gasteiger partial charge in [-0.1, -0.05) is 24.1 Å². The third-order valence-electron chi connectivity index (χ3n) is 5.58. The van der Waals surface area contributed by atoms with Gasteiger partial charge < -0.3 is 10.6 Å². The number of rotatable bonds is 6. The Labute approximate surface area is 188 Å². The van der Waals surface area contributed by atoms with Gasteiger partial charge in [0.1, 0.15) is 5.82 Å². The van der Waals surface area contributed by atoms with Crippen LogP contribution in [0, 0.1) is 19.7 Å². The summed E-state index contributed by atoms with van der Waals surface area (Å²) in [6, 6.07) is 10.4. The number of nitrogens with zero attached hydrogens (tertiary/aromatic N) is 1. The average Bonchev–Trinajstić information content (AvgIpc) is 2.75. The van der Waals surface area contributed by atoms with Crippen molar-refractivity contribution in [2.75, 3.05) is 18.4 Å². The van der Waals surface area contributed by atoms with Crippen molar-refractivity contribution in [3.8, 4) is 0 Å². The Balaban J connectivity index is 1.60. The molecule has 172 valence electrons. The first kappa shape index (κ1) is 23.9. The molecule has 2 aromatic rings. The van der Waals surface area contributed by atoms with Gasteiger partial charge in [-0.05, 0) is 69.0 Å². The molecule has 1 saturated heterocycles. The number of hydrogen-bond donors (Lipinski definition) is 2. The van der Waals surface area contributed by atoms with Crippen LogP contribution in [0.4, 0.5) is 10.1 Å². The summed E-state index contributed by atoms with van der Waals surface area (Å²) in [6.07, 6.45) is 2.65. The normalized spacial score (nSPS) is 17.0. The number of carbonyl (C=O) groups excluding carboxylic acids is 2. The molecule has 2 aromatic carbocycles. The lowest BCUT2D eigenvalue weighted by Crippen LogP contribution is -2.46. The molecule has 9 heteroatoms. The standard InChI is InChI=1S/C23H28FN3O4S/c1-16-6-9-19(10-7-16)26-23(29)22(28)25-13-12-20-5-3-4-14-27(20)32(30,31)21-11-8-18(24)15-17(21)2/h6-11,15,20H,3-5,12-14H2,1-2H3,(H,25,28)(H,26,29)/t20-/m1/s1. The fourth-order valence-corrected chi connectivity index (χ4v) is 5.80. The third-order valence-corrected chi connectivity index (χ3v) is 7.69. The van der Waals surface area contributed by atoms with Gasteiger partial charge in [-0.2, -0.15) is 4.31 Å². The lowest BCUT2D eigenvalue weighted by molar-refractivity contribution is -0.136. The number of carbonyl (C=O) groups is 2. The Morgan fingerprint density at radius 3 is 2.47 bits per heavy atom. The molecule has 1 aliphatic heterocycles. The molecular weight excluding hydrogens is 433 g/mol. The maximum Gasteiger partial charge on any atom is 0.313 e. The number of sulfonamides is 1. The van der Waals surface area contributed by atoms with E-state index >= 15 is 0 Å². The van der Waals surface area contributed by atoms with Crippen molar-refractivity contribution in [1.82, 2.24) is 9.62 Å². The molecule has 3 rings (SSSR count). The number of nitrogens with one attached hydrogen (secondary N) is 2. The summed E-state index contributed by atoms with van der Waals surface area (Å²) in [7, 11) is -3.80. The van der Waals surface area contributed by atoms with Gasteiger partial charge in [0.25, 0.3) is 0 Å². The number of hydrogen-bond acceptors (Lipinski definition) is 4. The lowest BCUT2D eigenvalue weighted by Gasteiger charge is -2.35. The zero-order valence-electron chi connectivity index (χ0n) is 18.2. The molecule has 1 aliphatic rings. The summed E-state index contributed by atoms with van der Waals surface area (Å²) in [4.78, 5) is 24.3. The summed E-state index contributed by atoms with van der Waals surface area (Å²) in [5.74, 6) is -2.03. The van der Waals surface area contributed by atoms with Crippen LogP contribution in [0.3, 0.4) is 0 Å². The van der Waals surface area contributed by atoms with Gasteiger partial charge >= 0.3 is 11.8 Å². The van der Waals surface area contributed by atoms with Gasteiger partial charge in [0, 0.05) is 24.8 Å². The van der Waals surface area contributed by atoms with E-state index in [-0.39, 0.29) is 17.5 Å². The maximum absolute atomic E-state index is 13.4. The molecule has 2 amide bonds. The summed E-state index contributed by atoms with van der Waals surface area (Å²) in [5.41, 5.74) is 1.92. The van der Waals surface area contributed by atoms with Gasteiger partial charge in [0.05, 0.1) is 4.90 Å². The molecule has 32 heavy (non-hydrogen) atoms. The first-order valence-corrected chi connectivity index (χ1v) is 12.1. The molecule has 0 aromatic heterocycles. The molecule has 0 radical (unpaired) electrons. The smallest absolute Gasteiger partial charge is 0.313 e. The van der Waals surface area contributed by atoms with Crippen LogP contribution in [0.1, 0.15) is 36.8 Å². The molecule has 1 atom stereocenters. The van der Waals surface area contributed by atoms with E-state index in [0.29, 0.717) is 30.6 Å². The van der Waals surface area contributed by atoms with E-state index in [1.807, 2.05) is 19.1 Å². The average molecular weight is 462 g/mol. The zero-order valence-corrected chi connectivity index (χ0v) is 19.0. The topological polar surface area (TPSA) is 95.6 Å². The first-order valence-electron chi connectivity index (χ1n) is 10.6. The maximum atomic E-state index is 13.4. The monoisotopic (exact) mass is 461 g/mol. The molecule has 7 nitrogen and oxygen atoms in total. The third kappa shape index (κ3) is 5.72. The number of benzene rings is 2. The minimum atomic E-state index is -3.80. The van der Waals surface area contributed by atoms with Crippen molar-refractivity contribution >= 4 is 27.5 Å². The highest BCUT2D eigenvalue weighted by Gasteiger charge is 2.34. The van der Waals surface area contributed by atoms with E-state index in [9.17, 15) is 22.4 Å². The molecule has 0 aliphatic carbocycles. The Morgan fingerprint density at radius 2 is 1.78 bits per heavy atom. The highest BCUT2D eigenvalue weighted by atomic mass is 32.2.